The molecule has 0 saturated carbocycles. The van der Waals surface area contributed by atoms with Crippen LogP contribution in [0.25, 0.3) is 0 Å². The number of nitrogens with zero attached hydrogens (tertiary/aromatic N) is 2. The van der Waals surface area contributed by atoms with Crippen molar-refractivity contribution in [2.24, 2.45) is 0 Å². The molecule has 0 spiro atoms. The molecule has 0 radical (unpaired) electrons. The Morgan fingerprint density at radius 2 is 2.15 bits per heavy atom. The Morgan fingerprint density at radius 3 is 3.00 bits per heavy atom. The summed E-state index contributed by atoms with van der Waals surface area (Å²) in [7, 11) is 1.95. The molecule has 3 nitrogen and oxygen atoms in total. The van der Waals surface area contributed by atoms with E-state index in [4.69, 9.17) is 0 Å². The number of fused-ring (bicyclic) bond motifs is 1. The number of aromatic nitrogens is 1. The maximum atomic E-state index is 4.40. The van der Waals surface area contributed by atoms with Gasteiger partial charge in [-0.15, -0.1) is 0 Å². The zero-order valence-corrected chi connectivity index (χ0v) is 12.2. The number of nitrogens with one attached hydrogen (secondary N) is 1. The first kappa shape index (κ1) is 13.1. The maximum absolute atomic E-state index is 4.40. The molecule has 0 aliphatic carbocycles. The highest BCUT2D eigenvalue weighted by atomic mass is 15.1. The highest BCUT2D eigenvalue weighted by Crippen LogP contribution is 2.33. The molecule has 104 valence electrons. The molecule has 1 aliphatic heterocycles. The van der Waals surface area contributed by atoms with Gasteiger partial charge < -0.3 is 10.2 Å². The largest absolute Gasteiger partial charge is 0.341 e. The van der Waals surface area contributed by atoms with Gasteiger partial charge in [0.1, 0.15) is 0 Å². The van der Waals surface area contributed by atoms with E-state index >= 15 is 0 Å². The Morgan fingerprint density at radius 1 is 1.25 bits per heavy atom. The predicted molar refractivity (Wildman–Crippen MR) is 83.5 cm³/mol. The van der Waals surface area contributed by atoms with Crippen LogP contribution in [-0.2, 0) is 13.0 Å². The smallest absolute Gasteiger partial charge is 0.0562 e. The van der Waals surface area contributed by atoms with Crippen LogP contribution >= 0.6 is 0 Å². The fourth-order valence-electron chi connectivity index (χ4n) is 2.91. The zero-order valence-electron chi connectivity index (χ0n) is 12.2. The number of pyridine rings is 1. The minimum atomic E-state index is 0.808. The SMILES string of the molecule is CNCc1cc(N2CCCc3cc(C)ccc32)ccn1. The summed E-state index contributed by atoms with van der Waals surface area (Å²) in [4.78, 5) is 6.82. The third kappa shape index (κ3) is 2.54. The van der Waals surface area contributed by atoms with Crippen molar-refractivity contribution in [3.05, 3.63) is 53.3 Å². The second-order valence-electron chi connectivity index (χ2n) is 5.42. The molecule has 1 aromatic heterocycles. The Kier molecular flexibility index (Phi) is 3.70. The fraction of sp³-hybridized carbons (Fsp3) is 0.353. The van der Waals surface area contributed by atoms with Crippen molar-refractivity contribution in [1.82, 2.24) is 10.3 Å². The summed E-state index contributed by atoms with van der Waals surface area (Å²) in [5, 5.41) is 3.16. The molecular weight excluding hydrogens is 246 g/mol. The molecule has 0 unspecified atom stereocenters. The van der Waals surface area contributed by atoms with Crippen LogP contribution in [0.15, 0.2) is 36.5 Å². The van der Waals surface area contributed by atoms with Gasteiger partial charge in [0.2, 0.25) is 0 Å². The van der Waals surface area contributed by atoms with Gasteiger partial charge in [0.25, 0.3) is 0 Å². The lowest BCUT2D eigenvalue weighted by molar-refractivity contribution is 0.760. The lowest BCUT2D eigenvalue weighted by Gasteiger charge is -2.31. The lowest BCUT2D eigenvalue weighted by Crippen LogP contribution is -2.24. The molecule has 3 heteroatoms. The summed E-state index contributed by atoms with van der Waals surface area (Å²) in [5.41, 5.74) is 6.49. The van der Waals surface area contributed by atoms with Gasteiger partial charge in [-0.25, -0.2) is 0 Å². The van der Waals surface area contributed by atoms with E-state index in [2.05, 4.69) is 52.5 Å². The molecule has 0 amide bonds. The average Bonchev–Trinajstić information content (AvgIpc) is 2.47. The third-order valence-electron chi connectivity index (χ3n) is 3.82. The molecule has 20 heavy (non-hydrogen) atoms. The molecule has 2 aromatic rings. The summed E-state index contributed by atoms with van der Waals surface area (Å²) < 4.78 is 0. The van der Waals surface area contributed by atoms with Crippen LogP contribution in [-0.4, -0.2) is 18.6 Å². The maximum Gasteiger partial charge on any atom is 0.0562 e. The van der Waals surface area contributed by atoms with Crippen LogP contribution in [0.5, 0.6) is 0 Å². The average molecular weight is 267 g/mol. The predicted octanol–water partition coefficient (Wildman–Crippen LogP) is 3.19. The van der Waals surface area contributed by atoms with Crippen molar-refractivity contribution in [3.63, 3.8) is 0 Å². The van der Waals surface area contributed by atoms with Crippen molar-refractivity contribution in [2.45, 2.75) is 26.3 Å². The first-order chi connectivity index (χ1) is 9.78. The molecule has 1 aromatic carbocycles. The van der Waals surface area contributed by atoms with Crippen LogP contribution in [0.4, 0.5) is 11.4 Å². The molecule has 0 atom stereocenters. The lowest BCUT2D eigenvalue weighted by atomic mass is 9.99. The van der Waals surface area contributed by atoms with E-state index in [0.717, 1.165) is 18.8 Å². The summed E-state index contributed by atoms with van der Waals surface area (Å²) in [6.07, 6.45) is 4.30. The van der Waals surface area contributed by atoms with Crippen LogP contribution in [0.2, 0.25) is 0 Å². The molecule has 0 bridgehead atoms. The number of anilines is 2. The molecule has 2 heterocycles. The van der Waals surface area contributed by atoms with Crippen molar-refractivity contribution >= 4 is 11.4 Å². The van der Waals surface area contributed by atoms with Gasteiger partial charge in [0.15, 0.2) is 0 Å². The van der Waals surface area contributed by atoms with Crippen LogP contribution < -0.4 is 10.2 Å². The second-order valence-corrected chi connectivity index (χ2v) is 5.42. The van der Waals surface area contributed by atoms with Gasteiger partial charge in [-0.2, -0.15) is 0 Å². The Balaban J connectivity index is 1.98. The number of hydrogen-bond acceptors (Lipinski definition) is 3. The zero-order chi connectivity index (χ0) is 13.9. The third-order valence-corrected chi connectivity index (χ3v) is 3.82. The van der Waals surface area contributed by atoms with Gasteiger partial charge >= 0.3 is 0 Å². The Labute approximate surface area is 120 Å². The van der Waals surface area contributed by atoms with Crippen molar-refractivity contribution in [3.8, 4) is 0 Å². The van der Waals surface area contributed by atoms with E-state index in [1.54, 1.807) is 0 Å². The Hall–Kier alpha value is -1.87. The van der Waals surface area contributed by atoms with Crippen LogP contribution in [0.1, 0.15) is 23.2 Å². The topological polar surface area (TPSA) is 28.2 Å². The quantitative estimate of drug-likeness (QED) is 0.925. The van der Waals surface area contributed by atoms with E-state index < -0.39 is 0 Å². The standard InChI is InChI=1S/C17H21N3/c1-13-5-6-17-14(10-13)4-3-9-20(17)16-7-8-19-15(11-16)12-18-2/h5-8,10-11,18H,3-4,9,12H2,1-2H3. The van der Waals surface area contributed by atoms with Crippen molar-refractivity contribution in [2.75, 3.05) is 18.5 Å². The van der Waals surface area contributed by atoms with Gasteiger partial charge in [-0.3, -0.25) is 4.98 Å². The van der Waals surface area contributed by atoms with E-state index in [9.17, 15) is 0 Å². The van der Waals surface area contributed by atoms with Gasteiger partial charge in [0, 0.05) is 30.7 Å². The van der Waals surface area contributed by atoms with Gasteiger partial charge in [0.05, 0.1) is 5.69 Å². The van der Waals surface area contributed by atoms with Gasteiger partial charge in [-0.1, -0.05) is 17.7 Å². The normalized spacial score (nSPS) is 14.2. The first-order valence-electron chi connectivity index (χ1n) is 7.24. The molecule has 1 N–H and O–H groups in total. The fourth-order valence-corrected chi connectivity index (χ4v) is 2.91. The molecule has 0 fully saturated rings. The van der Waals surface area contributed by atoms with E-state index in [0.29, 0.717) is 0 Å². The first-order valence-corrected chi connectivity index (χ1v) is 7.24. The van der Waals surface area contributed by atoms with Crippen LogP contribution in [0, 0.1) is 6.92 Å². The van der Waals surface area contributed by atoms with E-state index in [-0.39, 0.29) is 0 Å². The highest BCUT2D eigenvalue weighted by molar-refractivity contribution is 5.68. The van der Waals surface area contributed by atoms with Crippen molar-refractivity contribution < 1.29 is 0 Å². The minimum absolute atomic E-state index is 0.808. The second kappa shape index (κ2) is 5.63. The highest BCUT2D eigenvalue weighted by Gasteiger charge is 2.18. The monoisotopic (exact) mass is 267 g/mol. The number of rotatable bonds is 3. The molecule has 0 saturated heterocycles. The van der Waals surface area contributed by atoms with E-state index in [1.165, 1.54) is 35.3 Å². The molecule has 1 aliphatic rings. The summed E-state index contributed by atoms with van der Waals surface area (Å²) in [6.45, 7) is 4.05. The molecular formula is C17H21N3. The number of benzene rings is 1. The number of aryl methyl sites for hydroxylation is 2. The Bertz CT molecular complexity index is 607. The minimum Gasteiger partial charge on any atom is -0.341 e. The summed E-state index contributed by atoms with van der Waals surface area (Å²) in [6, 6.07) is 11.1. The molecule has 3 rings (SSSR count). The van der Waals surface area contributed by atoms with E-state index in [1.807, 2.05) is 13.2 Å². The number of hydrogen-bond donors (Lipinski definition) is 1. The van der Waals surface area contributed by atoms with Crippen LogP contribution in [0.3, 0.4) is 0 Å². The summed E-state index contributed by atoms with van der Waals surface area (Å²) in [5.74, 6) is 0. The summed E-state index contributed by atoms with van der Waals surface area (Å²) >= 11 is 0. The van der Waals surface area contributed by atoms with Crippen molar-refractivity contribution in [1.29, 1.82) is 0 Å². The van der Waals surface area contributed by atoms with Gasteiger partial charge in [-0.05, 0) is 50.6 Å².